The van der Waals surface area contributed by atoms with Gasteiger partial charge in [-0.3, -0.25) is 13.6 Å². The Bertz CT molecular complexity index is 459. The van der Waals surface area contributed by atoms with Gasteiger partial charge in [0.2, 0.25) is 0 Å². The largest absolute Gasteiger partial charge is 0.474 e. The summed E-state index contributed by atoms with van der Waals surface area (Å²) in [5.74, 6) is 0. The van der Waals surface area contributed by atoms with Crippen LogP contribution >= 0.6 is 160 Å². The molecule has 0 aromatic heterocycles. The maximum Gasteiger partial charge on any atom is 0.474 e. The molecule has 0 saturated heterocycles. The number of phosphoric ester groups is 1. The van der Waals surface area contributed by atoms with Gasteiger partial charge >= 0.3 is 7.82 Å². The number of hydrogen-bond donors (Lipinski definition) is 0. The average molecular weight is 813 g/mol. The third-order valence-corrected chi connectivity index (χ3v) is 7.15. The van der Waals surface area contributed by atoms with Gasteiger partial charge < -0.3 is 0 Å². The van der Waals surface area contributed by atoms with Crippen LogP contribution in [0.1, 0.15) is 19.3 Å². The zero-order valence-electron chi connectivity index (χ0n) is 14.1. The summed E-state index contributed by atoms with van der Waals surface area (Å²) in [6, 6.07) is 0. The van der Waals surface area contributed by atoms with Crippen LogP contribution in [0.5, 0.6) is 0 Å². The summed E-state index contributed by atoms with van der Waals surface area (Å²) < 4.78 is 24.5. The van der Waals surface area contributed by atoms with E-state index < -0.39 is 33.7 Å². The van der Waals surface area contributed by atoms with Gasteiger partial charge in [-0.1, -0.05) is 152 Å². The quantitative estimate of drug-likeness (QED) is 0.146. The summed E-state index contributed by atoms with van der Waals surface area (Å²) in [6.45, 7) is -0.417. The van der Waals surface area contributed by atoms with Crippen LogP contribution in [0.25, 0.3) is 0 Å². The van der Waals surface area contributed by atoms with Crippen LogP contribution in [0.3, 0.4) is 0 Å². The van der Waals surface area contributed by atoms with Crippen molar-refractivity contribution in [2.24, 2.45) is 0 Å². The first-order valence-corrected chi connectivity index (χ1v) is 15.1. The zero-order valence-corrected chi connectivity index (χ0v) is 26.5. The summed E-state index contributed by atoms with van der Waals surface area (Å²) in [5, 5.41) is 0. The lowest BCUT2D eigenvalue weighted by atomic mass is 10.3. The molecule has 0 saturated carbocycles. The highest BCUT2D eigenvalue weighted by atomic mass is 79.9. The van der Waals surface area contributed by atoms with Crippen molar-refractivity contribution in [3.63, 3.8) is 0 Å². The van der Waals surface area contributed by atoms with E-state index in [0.717, 1.165) is 0 Å². The van der Waals surface area contributed by atoms with E-state index >= 15 is 0 Å². The minimum Gasteiger partial charge on any atom is -0.286 e. The second kappa shape index (κ2) is 14.7. The van der Waals surface area contributed by atoms with Crippen molar-refractivity contribution in [2.45, 2.75) is 45.1 Å². The van der Waals surface area contributed by atoms with Crippen molar-refractivity contribution in [2.75, 3.05) is 19.8 Å². The van der Waals surface area contributed by atoms with E-state index in [1.165, 1.54) is 0 Å². The monoisotopic (exact) mass is 806 g/mol. The van der Waals surface area contributed by atoms with Crippen LogP contribution in [-0.4, -0.2) is 45.7 Å². The second-order valence-corrected chi connectivity index (χ2v) is 18.7. The minimum atomic E-state index is -4.06. The summed E-state index contributed by atoms with van der Waals surface area (Å²) in [6.07, 6.45) is 0.251. The molecule has 0 aliphatic heterocycles. The molecule has 0 fully saturated rings. The molecule has 0 rings (SSSR count). The van der Waals surface area contributed by atoms with Crippen molar-refractivity contribution >= 4 is 160 Å². The topological polar surface area (TPSA) is 44.8 Å². The van der Waals surface area contributed by atoms with Crippen LogP contribution < -0.4 is 0 Å². The summed E-state index contributed by atoms with van der Waals surface area (Å²) in [5.41, 5.74) is 0. The van der Waals surface area contributed by atoms with E-state index in [2.05, 4.69) is 47.8 Å². The molecule has 0 spiro atoms. The van der Waals surface area contributed by atoms with E-state index in [4.69, 9.17) is 118 Å². The fraction of sp³-hybridized carbons (Fsp3) is 1.00. The normalized spacial score (nSPS) is 18.9. The van der Waals surface area contributed by atoms with Gasteiger partial charge in [-0.25, -0.2) is 4.57 Å². The Kier molecular flexibility index (Phi) is 16.8. The first-order chi connectivity index (χ1) is 12.8. The summed E-state index contributed by atoms with van der Waals surface area (Å²) in [4.78, 5) is -1.34. The fourth-order valence-corrected chi connectivity index (χ4v) is 8.69. The van der Waals surface area contributed by atoms with Gasteiger partial charge in [-0.2, -0.15) is 0 Å². The van der Waals surface area contributed by atoms with Crippen LogP contribution in [-0.2, 0) is 18.1 Å². The first kappa shape index (κ1) is 33.2. The predicted octanol–water partition coefficient (Wildman–Crippen LogP) is 9.72. The molecule has 0 aliphatic carbocycles. The molecule has 17 heteroatoms. The Morgan fingerprint density at radius 3 is 0.966 bits per heavy atom. The van der Waals surface area contributed by atoms with Crippen LogP contribution in [0.2, 0.25) is 0 Å². The third kappa shape index (κ3) is 21.2. The van der Waals surface area contributed by atoms with Crippen molar-refractivity contribution in [1.82, 2.24) is 0 Å². The van der Waals surface area contributed by atoms with Crippen LogP contribution in [0, 0.1) is 0 Å². The van der Waals surface area contributed by atoms with E-state index in [1.54, 1.807) is 0 Å². The van der Waals surface area contributed by atoms with Crippen molar-refractivity contribution in [1.29, 1.82) is 0 Å². The van der Waals surface area contributed by atoms with Crippen molar-refractivity contribution < 1.29 is 18.1 Å². The van der Waals surface area contributed by atoms with Crippen LogP contribution in [0.15, 0.2) is 0 Å². The molecule has 0 N–H and O–H groups in total. The molecule has 29 heavy (non-hydrogen) atoms. The SMILES string of the molecule is O=P(OCC(Br)CC(Cl)(Cl)Cl)(OCC(Br)CC(Cl)(Cl)Cl)OCC(Br)CC(Cl)(Cl)Cl. The summed E-state index contributed by atoms with van der Waals surface area (Å²) in [7, 11) is -4.06. The highest BCUT2D eigenvalue weighted by Gasteiger charge is 2.34. The lowest BCUT2D eigenvalue weighted by Gasteiger charge is -2.24. The molecule has 176 valence electrons. The molecule has 0 bridgehead atoms. The Morgan fingerprint density at radius 1 is 0.586 bits per heavy atom. The molecular weight excluding hydrogens is 798 g/mol. The molecule has 0 aliphatic rings. The Balaban J connectivity index is 4.94. The van der Waals surface area contributed by atoms with Gasteiger partial charge in [0.25, 0.3) is 0 Å². The molecular formula is C12H15Br3Cl9O4P. The predicted molar refractivity (Wildman–Crippen MR) is 138 cm³/mol. The molecule has 0 amide bonds. The molecule has 4 nitrogen and oxygen atoms in total. The first-order valence-electron chi connectivity index (χ1n) is 7.46. The van der Waals surface area contributed by atoms with Gasteiger partial charge in [0.1, 0.15) is 0 Å². The van der Waals surface area contributed by atoms with E-state index in [-0.39, 0.29) is 39.1 Å². The molecule has 0 heterocycles. The maximum atomic E-state index is 13.0. The number of alkyl halides is 12. The van der Waals surface area contributed by atoms with Crippen molar-refractivity contribution in [3.05, 3.63) is 0 Å². The van der Waals surface area contributed by atoms with Gasteiger partial charge in [-0.05, 0) is 0 Å². The Hall–Kier alpha value is 4.16. The molecule has 3 unspecified atom stereocenters. The second-order valence-electron chi connectivity index (χ2n) is 5.58. The molecule has 0 aromatic rings. The van der Waals surface area contributed by atoms with Crippen molar-refractivity contribution in [3.8, 4) is 0 Å². The Labute approximate surface area is 240 Å². The lowest BCUT2D eigenvalue weighted by Crippen LogP contribution is -2.21. The highest BCUT2D eigenvalue weighted by Crippen LogP contribution is 2.51. The van der Waals surface area contributed by atoms with Gasteiger partial charge in [0, 0.05) is 33.7 Å². The van der Waals surface area contributed by atoms with E-state index in [0.29, 0.717) is 0 Å². The molecule has 3 atom stereocenters. The zero-order chi connectivity index (χ0) is 23.1. The number of halogens is 12. The Morgan fingerprint density at radius 2 is 0.793 bits per heavy atom. The molecule has 0 aromatic carbocycles. The highest BCUT2D eigenvalue weighted by molar-refractivity contribution is 9.10. The third-order valence-electron chi connectivity index (χ3n) is 2.60. The van der Waals surface area contributed by atoms with E-state index in [9.17, 15) is 4.57 Å². The van der Waals surface area contributed by atoms with Crippen LogP contribution in [0.4, 0.5) is 0 Å². The lowest BCUT2D eigenvalue weighted by molar-refractivity contribution is 0.113. The maximum absolute atomic E-state index is 13.0. The van der Waals surface area contributed by atoms with Gasteiger partial charge in [0.15, 0.2) is 11.4 Å². The number of hydrogen-bond acceptors (Lipinski definition) is 4. The summed E-state index contributed by atoms with van der Waals surface area (Å²) >= 11 is 61.4. The number of phosphoric acid groups is 1. The fourth-order valence-electron chi connectivity index (χ4n) is 1.56. The van der Waals surface area contributed by atoms with E-state index in [1.807, 2.05) is 0 Å². The average Bonchev–Trinajstić information content (AvgIpc) is 2.44. The standard InChI is InChI=1S/C12H15Br3Cl9O4P/c13-7(1-10(16,17)18)4-26-29(25,27-5-8(14)2-11(19,20)21)28-6-9(15)3-12(22,23)24/h7-9H,1-6H2. The number of rotatable bonds is 12. The molecule has 0 radical (unpaired) electrons. The minimum absolute atomic E-state index is 0.0837. The van der Waals surface area contributed by atoms with Gasteiger partial charge in [-0.15, -0.1) is 0 Å². The smallest absolute Gasteiger partial charge is 0.286 e. The van der Waals surface area contributed by atoms with Gasteiger partial charge in [0.05, 0.1) is 19.8 Å².